The van der Waals surface area contributed by atoms with E-state index in [1.165, 1.54) is 31.0 Å². The molecule has 2 rings (SSSR count). The number of esters is 1. The van der Waals surface area contributed by atoms with E-state index in [0.29, 0.717) is 4.34 Å². The largest absolute Gasteiger partial charge is 0.465 e. The highest BCUT2D eigenvalue weighted by molar-refractivity contribution is 8.01. The molecule has 0 fully saturated rings. The van der Waals surface area contributed by atoms with Crippen LogP contribution in [-0.2, 0) is 14.8 Å². The minimum atomic E-state index is -3.92. The van der Waals surface area contributed by atoms with Gasteiger partial charge in [0.1, 0.15) is 0 Å². The Morgan fingerprint density at radius 1 is 1.42 bits per heavy atom. The van der Waals surface area contributed by atoms with Crippen molar-refractivity contribution in [3.63, 3.8) is 0 Å². The zero-order chi connectivity index (χ0) is 17.7. The number of sulfonamides is 1. The molecular formula is C13H14ClN3O4S3. The van der Waals surface area contributed by atoms with Crippen molar-refractivity contribution in [1.29, 1.82) is 0 Å². The second kappa shape index (κ2) is 8.15. The van der Waals surface area contributed by atoms with Crippen LogP contribution in [0.25, 0.3) is 0 Å². The van der Waals surface area contributed by atoms with Crippen LogP contribution in [0.15, 0.2) is 27.4 Å². The van der Waals surface area contributed by atoms with Crippen molar-refractivity contribution in [2.75, 3.05) is 17.6 Å². The van der Waals surface area contributed by atoms with Gasteiger partial charge in [-0.3, -0.25) is 4.72 Å². The first-order chi connectivity index (χ1) is 11.4. The molecule has 0 bridgehead atoms. The lowest BCUT2D eigenvalue weighted by molar-refractivity contribution is 0.0600. The molecule has 7 nitrogen and oxygen atoms in total. The molecule has 1 aromatic carbocycles. The fourth-order valence-corrected chi connectivity index (χ4v) is 4.74. The highest BCUT2D eigenvalue weighted by Gasteiger charge is 2.21. The van der Waals surface area contributed by atoms with Gasteiger partial charge in [0, 0.05) is 5.75 Å². The number of rotatable bonds is 7. The summed E-state index contributed by atoms with van der Waals surface area (Å²) in [5.41, 5.74) is -0.0292. The molecule has 24 heavy (non-hydrogen) atoms. The Balaban J connectivity index is 2.24. The molecule has 11 heteroatoms. The van der Waals surface area contributed by atoms with Crippen LogP contribution in [0.5, 0.6) is 0 Å². The number of benzene rings is 1. The van der Waals surface area contributed by atoms with Gasteiger partial charge in [-0.05, 0) is 24.6 Å². The van der Waals surface area contributed by atoms with Gasteiger partial charge in [-0.1, -0.05) is 41.6 Å². The predicted molar refractivity (Wildman–Crippen MR) is 94.5 cm³/mol. The Hall–Kier alpha value is -1.36. The maximum Gasteiger partial charge on any atom is 0.339 e. The number of ether oxygens (including phenoxy) is 1. The number of hydrogen-bond acceptors (Lipinski definition) is 8. The van der Waals surface area contributed by atoms with E-state index in [1.807, 2.05) is 6.92 Å². The van der Waals surface area contributed by atoms with Gasteiger partial charge in [0.15, 0.2) is 4.34 Å². The zero-order valence-electron chi connectivity index (χ0n) is 12.8. The number of hydrogen-bond donors (Lipinski definition) is 1. The average Bonchev–Trinajstić information content (AvgIpc) is 2.99. The van der Waals surface area contributed by atoms with Crippen LogP contribution >= 0.6 is 34.7 Å². The SMILES string of the molecule is CCCSc1nnc(NS(=O)(=O)c2ccc(Cl)c(C(=O)OC)c2)s1. The third kappa shape index (κ3) is 4.59. The highest BCUT2D eigenvalue weighted by Crippen LogP contribution is 2.28. The zero-order valence-corrected chi connectivity index (χ0v) is 16.0. The number of carbonyl (C=O) groups excluding carboxylic acids is 1. The molecule has 0 spiro atoms. The number of aromatic nitrogens is 2. The van der Waals surface area contributed by atoms with Crippen LogP contribution in [0, 0.1) is 0 Å². The quantitative estimate of drug-likeness (QED) is 0.555. The Morgan fingerprint density at radius 2 is 2.17 bits per heavy atom. The molecule has 0 atom stereocenters. The van der Waals surface area contributed by atoms with Crippen molar-refractivity contribution in [2.24, 2.45) is 0 Å². The fourth-order valence-electron chi connectivity index (χ4n) is 1.61. The smallest absolute Gasteiger partial charge is 0.339 e. The highest BCUT2D eigenvalue weighted by atomic mass is 35.5. The standard InChI is InChI=1S/C13H14ClN3O4S3/c1-3-6-22-13-16-15-12(23-13)17-24(19,20)8-4-5-10(14)9(7-8)11(18)21-2/h4-5,7H,3,6H2,1-2H3,(H,15,17). The van der Waals surface area contributed by atoms with E-state index in [4.69, 9.17) is 11.6 Å². The topological polar surface area (TPSA) is 98.3 Å². The molecule has 0 aliphatic carbocycles. The van der Waals surface area contributed by atoms with Crippen LogP contribution < -0.4 is 4.72 Å². The summed E-state index contributed by atoms with van der Waals surface area (Å²) in [5.74, 6) is 0.160. The molecule has 130 valence electrons. The van der Waals surface area contributed by atoms with Crippen molar-refractivity contribution >= 4 is 55.8 Å². The summed E-state index contributed by atoms with van der Waals surface area (Å²) in [7, 11) is -2.73. The van der Waals surface area contributed by atoms with Crippen molar-refractivity contribution < 1.29 is 17.9 Å². The number of methoxy groups -OCH3 is 1. The average molecular weight is 408 g/mol. The Labute approximate surface area is 152 Å². The number of anilines is 1. The summed E-state index contributed by atoms with van der Waals surface area (Å²) in [4.78, 5) is 11.5. The maximum atomic E-state index is 12.4. The maximum absolute atomic E-state index is 12.4. The Kier molecular flexibility index (Phi) is 6.44. The molecule has 0 saturated heterocycles. The number of thioether (sulfide) groups is 1. The second-order valence-electron chi connectivity index (χ2n) is 4.46. The van der Waals surface area contributed by atoms with Crippen molar-refractivity contribution in [3.05, 3.63) is 28.8 Å². The lowest BCUT2D eigenvalue weighted by Gasteiger charge is -2.07. The number of nitrogens with one attached hydrogen (secondary N) is 1. The number of carbonyl (C=O) groups is 1. The van der Waals surface area contributed by atoms with E-state index in [-0.39, 0.29) is 20.6 Å². The van der Waals surface area contributed by atoms with E-state index in [1.54, 1.807) is 0 Å². The Bertz CT molecular complexity index is 839. The van der Waals surface area contributed by atoms with Crippen LogP contribution in [0.3, 0.4) is 0 Å². The molecule has 1 aromatic heterocycles. The van der Waals surface area contributed by atoms with Gasteiger partial charge in [-0.25, -0.2) is 13.2 Å². The lowest BCUT2D eigenvalue weighted by atomic mass is 10.2. The molecule has 1 heterocycles. The minimum absolute atomic E-state index is 0.0292. The summed E-state index contributed by atoms with van der Waals surface area (Å²) in [6.07, 6.45) is 0.979. The summed E-state index contributed by atoms with van der Waals surface area (Å²) in [6, 6.07) is 3.78. The second-order valence-corrected chi connectivity index (χ2v) is 8.87. The van der Waals surface area contributed by atoms with Gasteiger partial charge in [0.05, 0.1) is 22.6 Å². The first kappa shape index (κ1) is 19.0. The molecule has 2 aromatic rings. The molecule has 0 aliphatic heterocycles. The molecule has 1 N–H and O–H groups in total. The van der Waals surface area contributed by atoms with Crippen molar-refractivity contribution in [1.82, 2.24) is 10.2 Å². The van der Waals surface area contributed by atoms with Gasteiger partial charge in [-0.2, -0.15) is 0 Å². The van der Waals surface area contributed by atoms with Gasteiger partial charge in [0.2, 0.25) is 5.13 Å². The van der Waals surface area contributed by atoms with Crippen LogP contribution in [0.2, 0.25) is 5.02 Å². The lowest BCUT2D eigenvalue weighted by Crippen LogP contribution is -2.14. The van der Waals surface area contributed by atoms with Crippen LogP contribution in [-0.4, -0.2) is 37.4 Å². The normalized spacial score (nSPS) is 11.3. The van der Waals surface area contributed by atoms with Crippen molar-refractivity contribution in [2.45, 2.75) is 22.6 Å². The fraction of sp³-hybridized carbons (Fsp3) is 0.308. The van der Waals surface area contributed by atoms with E-state index >= 15 is 0 Å². The van der Waals surface area contributed by atoms with E-state index in [0.717, 1.165) is 29.6 Å². The molecule has 0 unspecified atom stereocenters. The van der Waals surface area contributed by atoms with Crippen molar-refractivity contribution in [3.8, 4) is 0 Å². The first-order valence-electron chi connectivity index (χ1n) is 6.74. The van der Waals surface area contributed by atoms with Crippen LogP contribution in [0.1, 0.15) is 23.7 Å². The summed E-state index contributed by atoms with van der Waals surface area (Å²) < 4.78 is 32.5. The molecule has 0 saturated carbocycles. The van der Waals surface area contributed by atoms with Gasteiger partial charge in [-0.15, -0.1) is 10.2 Å². The van der Waals surface area contributed by atoms with E-state index in [9.17, 15) is 13.2 Å². The summed E-state index contributed by atoms with van der Waals surface area (Å²) >= 11 is 8.54. The van der Waals surface area contributed by atoms with E-state index in [2.05, 4.69) is 19.7 Å². The molecule has 0 aliphatic rings. The summed E-state index contributed by atoms with van der Waals surface area (Å²) in [5, 5.41) is 7.99. The third-order valence-electron chi connectivity index (χ3n) is 2.71. The predicted octanol–water partition coefficient (Wildman–Crippen LogP) is 3.28. The van der Waals surface area contributed by atoms with Gasteiger partial charge < -0.3 is 4.74 Å². The minimum Gasteiger partial charge on any atom is -0.465 e. The summed E-state index contributed by atoms with van der Waals surface area (Å²) in [6.45, 7) is 2.04. The van der Waals surface area contributed by atoms with Gasteiger partial charge in [0.25, 0.3) is 10.0 Å². The van der Waals surface area contributed by atoms with Gasteiger partial charge >= 0.3 is 5.97 Å². The van der Waals surface area contributed by atoms with E-state index < -0.39 is 16.0 Å². The van der Waals surface area contributed by atoms with Crippen LogP contribution in [0.4, 0.5) is 5.13 Å². The third-order valence-corrected chi connectivity index (χ3v) is 6.68. The number of halogens is 1. The number of nitrogens with zero attached hydrogens (tertiary/aromatic N) is 2. The first-order valence-corrected chi connectivity index (χ1v) is 10.4. The molecule has 0 radical (unpaired) electrons. The Morgan fingerprint density at radius 3 is 2.83 bits per heavy atom. The molecular weight excluding hydrogens is 394 g/mol. The molecule has 0 amide bonds. The monoisotopic (exact) mass is 407 g/mol.